The largest absolute Gasteiger partial charge is 0.496 e. The lowest BCUT2D eigenvalue weighted by Crippen LogP contribution is -2.23. The second-order valence-electron chi connectivity index (χ2n) is 4.89. The Balaban J connectivity index is 2.07. The van der Waals surface area contributed by atoms with E-state index >= 15 is 0 Å². The van der Waals surface area contributed by atoms with Crippen molar-refractivity contribution >= 4 is 11.4 Å². The number of ether oxygens (including phenoxy) is 2. The molecule has 1 heterocycles. The van der Waals surface area contributed by atoms with Crippen molar-refractivity contribution in [2.24, 2.45) is 5.92 Å². The summed E-state index contributed by atoms with van der Waals surface area (Å²) in [7, 11) is 1.49. The van der Waals surface area contributed by atoms with Crippen LogP contribution in [0.15, 0.2) is 18.2 Å². The molecular weight excluding hydrogens is 260 g/mol. The van der Waals surface area contributed by atoms with E-state index in [1.165, 1.54) is 13.2 Å². The number of hydrogen-bond acceptors (Lipinski definition) is 5. The third-order valence-electron chi connectivity index (χ3n) is 3.71. The van der Waals surface area contributed by atoms with Crippen molar-refractivity contribution in [1.29, 1.82) is 0 Å². The lowest BCUT2D eigenvalue weighted by Gasteiger charge is -2.18. The number of benzene rings is 1. The van der Waals surface area contributed by atoms with Crippen LogP contribution in [0.1, 0.15) is 19.8 Å². The van der Waals surface area contributed by atoms with Gasteiger partial charge in [-0.15, -0.1) is 0 Å². The zero-order valence-electron chi connectivity index (χ0n) is 11.8. The van der Waals surface area contributed by atoms with Gasteiger partial charge in [0.1, 0.15) is 11.4 Å². The fraction of sp³-hybridized carbons (Fsp3) is 0.571. The summed E-state index contributed by atoms with van der Waals surface area (Å²) in [5.74, 6) is 0.889. The number of nitrogens with zero attached hydrogens (tertiary/aromatic N) is 1. The summed E-state index contributed by atoms with van der Waals surface area (Å²) in [6.45, 7) is 3.56. The van der Waals surface area contributed by atoms with Crippen LogP contribution in [-0.4, -0.2) is 31.3 Å². The molecule has 1 aliphatic heterocycles. The summed E-state index contributed by atoms with van der Waals surface area (Å²) >= 11 is 0. The first-order valence-corrected chi connectivity index (χ1v) is 6.83. The molecule has 1 fully saturated rings. The van der Waals surface area contributed by atoms with Gasteiger partial charge in [-0.05, 0) is 25.0 Å². The summed E-state index contributed by atoms with van der Waals surface area (Å²) in [5.41, 5.74) is 0.564. The van der Waals surface area contributed by atoms with Gasteiger partial charge in [-0.2, -0.15) is 0 Å². The van der Waals surface area contributed by atoms with Crippen LogP contribution >= 0.6 is 0 Å². The van der Waals surface area contributed by atoms with Gasteiger partial charge in [-0.1, -0.05) is 6.92 Å². The second-order valence-corrected chi connectivity index (χ2v) is 4.89. The number of hydrogen-bond donors (Lipinski definition) is 1. The molecule has 0 radical (unpaired) electrons. The van der Waals surface area contributed by atoms with E-state index in [9.17, 15) is 10.1 Å². The molecule has 1 saturated heterocycles. The van der Waals surface area contributed by atoms with Gasteiger partial charge in [0, 0.05) is 19.1 Å². The first-order valence-electron chi connectivity index (χ1n) is 6.83. The van der Waals surface area contributed by atoms with Gasteiger partial charge in [0.2, 0.25) is 0 Å². The Morgan fingerprint density at radius 3 is 3.00 bits per heavy atom. The first-order chi connectivity index (χ1) is 9.65. The Bertz CT molecular complexity index is 478. The van der Waals surface area contributed by atoms with Crippen LogP contribution in [0.5, 0.6) is 5.75 Å². The molecule has 6 nitrogen and oxygen atoms in total. The molecule has 1 aromatic carbocycles. The van der Waals surface area contributed by atoms with Gasteiger partial charge in [0.05, 0.1) is 24.2 Å². The van der Waals surface area contributed by atoms with E-state index in [0.717, 1.165) is 19.4 Å². The molecule has 110 valence electrons. The van der Waals surface area contributed by atoms with Crippen molar-refractivity contribution in [2.45, 2.75) is 25.9 Å². The number of rotatable bonds is 6. The average Bonchev–Trinajstić information content (AvgIpc) is 2.92. The number of anilines is 1. The molecule has 2 rings (SSSR count). The van der Waals surface area contributed by atoms with Gasteiger partial charge in [0.15, 0.2) is 0 Å². The average molecular weight is 280 g/mol. The van der Waals surface area contributed by atoms with Gasteiger partial charge < -0.3 is 14.8 Å². The van der Waals surface area contributed by atoms with E-state index in [1.807, 2.05) is 0 Å². The number of nitro groups is 1. The SMILES string of the molecule is CCC1OCCC1CNc1ccc(OC)cc1[N+](=O)[O-]. The highest BCUT2D eigenvalue weighted by Crippen LogP contribution is 2.30. The van der Waals surface area contributed by atoms with E-state index in [0.29, 0.717) is 23.9 Å². The third-order valence-corrected chi connectivity index (χ3v) is 3.71. The van der Waals surface area contributed by atoms with Crippen molar-refractivity contribution < 1.29 is 14.4 Å². The van der Waals surface area contributed by atoms with E-state index < -0.39 is 4.92 Å². The summed E-state index contributed by atoms with van der Waals surface area (Å²) < 4.78 is 10.6. The molecule has 0 bridgehead atoms. The molecule has 1 N–H and O–H groups in total. The maximum absolute atomic E-state index is 11.1. The van der Waals surface area contributed by atoms with Crippen LogP contribution in [0.4, 0.5) is 11.4 Å². The molecule has 0 aromatic heterocycles. The number of nitro benzene ring substituents is 1. The van der Waals surface area contributed by atoms with Gasteiger partial charge in [-0.25, -0.2) is 0 Å². The second kappa shape index (κ2) is 6.56. The lowest BCUT2D eigenvalue weighted by atomic mass is 9.99. The molecule has 2 atom stereocenters. The maximum Gasteiger partial charge on any atom is 0.296 e. The standard InChI is InChI=1S/C14H20N2O4/c1-3-14-10(6-7-20-14)9-15-12-5-4-11(19-2)8-13(12)16(17)18/h4-5,8,10,14-15H,3,6-7,9H2,1-2H3. The van der Waals surface area contributed by atoms with Crippen molar-refractivity contribution in [3.8, 4) is 5.75 Å². The molecular formula is C14H20N2O4. The predicted molar refractivity (Wildman–Crippen MR) is 76.3 cm³/mol. The Hall–Kier alpha value is -1.82. The zero-order valence-corrected chi connectivity index (χ0v) is 11.8. The van der Waals surface area contributed by atoms with Gasteiger partial charge in [0.25, 0.3) is 5.69 Å². The Kier molecular flexibility index (Phi) is 4.79. The maximum atomic E-state index is 11.1. The zero-order chi connectivity index (χ0) is 14.5. The summed E-state index contributed by atoms with van der Waals surface area (Å²) in [5, 5.41) is 14.3. The topological polar surface area (TPSA) is 73.6 Å². The molecule has 0 aliphatic carbocycles. The summed E-state index contributed by atoms with van der Waals surface area (Å²) in [6, 6.07) is 4.84. The molecule has 1 aliphatic rings. The van der Waals surface area contributed by atoms with Crippen LogP contribution in [0, 0.1) is 16.0 Å². The smallest absolute Gasteiger partial charge is 0.296 e. The fourth-order valence-corrected chi connectivity index (χ4v) is 2.56. The van der Waals surface area contributed by atoms with Gasteiger partial charge >= 0.3 is 0 Å². The van der Waals surface area contributed by atoms with Crippen molar-refractivity contribution in [1.82, 2.24) is 0 Å². The first kappa shape index (κ1) is 14.6. The number of nitrogens with one attached hydrogen (secondary N) is 1. The third kappa shape index (κ3) is 3.19. The predicted octanol–water partition coefficient (Wildman–Crippen LogP) is 2.83. The summed E-state index contributed by atoms with van der Waals surface area (Å²) in [4.78, 5) is 10.7. The minimum absolute atomic E-state index is 0.0383. The van der Waals surface area contributed by atoms with Crippen molar-refractivity contribution in [2.75, 3.05) is 25.6 Å². The normalized spacial score (nSPS) is 21.7. The van der Waals surface area contributed by atoms with Crippen LogP contribution in [0.2, 0.25) is 0 Å². The lowest BCUT2D eigenvalue weighted by molar-refractivity contribution is -0.384. The van der Waals surface area contributed by atoms with E-state index in [-0.39, 0.29) is 11.8 Å². The monoisotopic (exact) mass is 280 g/mol. The van der Waals surface area contributed by atoms with Gasteiger partial charge in [-0.3, -0.25) is 10.1 Å². The highest BCUT2D eigenvalue weighted by molar-refractivity contribution is 5.63. The van der Waals surface area contributed by atoms with Crippen LogP contribution in [0.3, 0.4) is 0 Å². The molecule has 0 amide bonds. The van der Waals surface area contributed by atoms with E-state index in [2.05, 4.69) is 12.2 Å². The fourth-order valence-electron chi connectivity index (χ4n) is 2.56. The minimum atomic E-state index is -0.396. The Labute approximate surface area is 118 Å². The van der Waals surface area contributed by atoms with Crippen LogP contribution in [-0.2, 0) is 4.74 Å². The molecule has 0 spiro atoms. The minimum Gasteiger partial charge on any atom is -0.496 e. The highest BCUT2D eigenvalue weighted by Gasteiger charge is 2.27. The molecule has 6 heteroatoms. The molecule has 20 heavy (non-hydrogen) atoms. The van der Waals surface area contributed by atoms with Crippen LogP contribution < -0.4 is 10.1 Å². The molecule has 0 saturated carbocycles. The van der Waals surface area contributed by atoms with E-state index in [1.54, 1.807) is 12.1 Å². The molecule has 2 unspecified atom stereocenters. The van der Waals surface area contributed by atoms with Crippen LogP contribution in [0.25, 0.3) is 0 Å². The Morgan fingerprint density at radius 2 is 2.35 bits per heavy atom. The Morgan fingerprint density at radius 1 is 1.55 bits per heavy atom. The highest BCUT2D eigenvalue weighted by atomic mass is 16.6. The quantitative estimate of drug-likeness (QED) is 0.640. The summed E-state index contributed by atoms with van der Waals surface area (Å²) in [6.07, 6.45) is 2.21. The van der Waals surface area contributed by atoms with E-state index in [4.69, 9.17) is 9.47 Å². The van der Waals surface area contributed by atoms with Crippen molar-refractivity contribution in [3.05, 3.63) is 28.3 Å². The van der Waals surface area contributed by atoms with Crippen molar-refractivity contribution in [3.63, 3.8) is 0 Å². The number of methoxy groups -OCH3 is 1. The molecule has 1 aromatic rings.